The van der Waals surface area contributed by atoms with Crippen molar-refractivity contribution < 1.29 is 19.1 Å². The standard InChI is InChI=1S/C25H32N4O4/c1-15(2)33-25-27-20-12-13-29(24(31)22(20)23(26)28-25)19-10-8-18(9-11-19)17-6-4-16(5-7-17)14-21(30)32-3/h8-11,15-17H,4-7,12-14H2,1-3H3,(H2,26,27,28). The second-order valence-electron chi connectivity index (χ2n) is 9.18. The van der Waals surface area contributed by atoms with Crippen LogP contribution in [0.2, 0.25) is 0 Å². The van der Waals surface area contributed by atoms with Crippen molar-refractivity contribution in [2.24, 2.45) is 5.92 Å². The number of anilines is 2. The Morgan fingerprint density at radius 1 is 1.15 bits per heavy atom. The number of carbonyl (C=O) groups is 2. The van der Waals surface area contributed by atoms with E-state index in [1.54, 1.807) is 4.90 Å². The Morgan fingerprint density at radius 2 is 1.85 bits per heavy atom. The third-order valence-corrected chi connectivity index (χ3v) is 6.57. The second kappa shape index (κ2) is 9.77. The predicted octanol–water partition coefficient (Wildman–Crippen LogP) is 3.89. The molecule has 0 radical (unpaired) electrons. The molecule has 1 fully saturated rings. The van der Waals surface area contributed by atoms with Crippen molar-refractivity contribution in [3.63, 3.8) is 0 Å². The first-order chi connectivity index (χ1) is 15.9. The molecule has 0 saturated heterocycles. The molecule has 1 aromatic carbocycles. The van der Waals surface area contributed by atoms with Crippen LogP contribution < -0.4 is 15.4 Å². The van der Waals surface area contributed by atoms with E-state index in [-0.39, 0.29) is 29.8 Å². The van der Waals surface area contributed by atoms with Gasteiger partial charge in [0.15, 0.2) is 0 Å². The first-order valence-corrected chi connectivity index (χ1v) is 11.7. The first kappa shape index (κ1) is 23.0. The molecule has 33 heavy (non-hydrogen) atoms. The predicted molar refractivity (Wildman–Crippen MR) is 125 cm³/mol. The number of nitrogen functional groups attached to an aromatic ring is 1. The summed E-state index contributed by atoms with van der Waals surface area (Å²) < 4.78 is 10.4. The summed E-state index contributed by atoms with van der Waals surface area (Å²) in [5, 5.41) is 0. The van der Waals surface area contributed by atoms with Gasteiger partial charge in [0.2, 0.25) is 0 Å². The highest BCUT2D eigenvalue weighted by atomic mass is 16.5. The van der Waals surface area contributed by atoms with Crippen LogP contribution in [0.15, 0.2) is 24.3 Å². The quantitative estimate of drug-likeness (QED) is 0.663. The zero-order valence-corrected chi connectivity index (χ0v) is 19.5. The van der Waals surface area contributed by atoms with Gasteiger partial charge in [0.25, 0.3) is 5.91 Å². The lowest BCUT2D eigenvalue weighted by Gasteiger charge is -2.30. The summed E-state index contributed by atoms with van der Waals surface area (Å²) in [5.41, 5.74) is 9.24. The smallest absolute Gasteiger partial charge is 0.318 e. The molecule has 2 heterocycles. The van der Waals surface area contributed by atoms with Crippen LogP contribution in [0.4, 0.5) is 11.5 Å². The number of rotatable bonds is 6. The van der Waals surface area contributed by atoms with Crippen molar-refractivity contribution >= 4 is 23.4 Å². The molecule has 0 unspecified atom stereocenters. The molecule has 2 N–H and O–H groups in total. The molecule has 2 aromatic rings. The van der Waals surface area contributed by atoms with Crippen LogP contribution in [0.5, 0.6) is 6.01 Å². The van der Waals surface area contributed by atoms with Crippen molar-refractivity contribution in [1.29, 1.82) is 0 Å². The Bertz CT molecular complexity index is 1010. The minimum atomic E-state index is -0.180. The van der Waals surface area contributed by atoms with Gasteiger partial charge in [-0.2, -0.15) is 9.97 Å². The zero-order valence-electron chi connectivity index (χ0n) is 19.5. The second-order valence-corrected chi connectivity index (χ2v) is 9.18. The summed E-state index contributed by atoms with van der Waals surface area (Å²) in [4.78, 5) is 35.0. The third kappa shape index (κ3) is 5.10. The van der Waals surface area contributed by atoms with Crippen LogP contribution in [-0.2, 0) is 16.0 Å². The van der Waals surface area contributed by atoms with Gasteiger partial charge in [-0.05, 0) is 69.1 Å². The highest BCUT2D eigenvalue weighted by Crippen LogP contribution is 2.38. The van der Waals surface area contributed by atoms with E-state index >= 15 is 0 Å². The summed E-state index contributed by atoms with van der Waals surface area (Å²) in [6.45, 7) is 4.31. The van der Waals surface area contributed by atoms with E-state index in [0.717, 1.165) is 31.4 Å². The number of ether oxygens (including phenoxy) is 2. The fourth-order valence-electron chi connectivity index (χ4n) is 4.83. The summed E-state index contributed by atoms with van der Waals surface area (Å²) in [6, 6.07) is 8.46. The van der Waals surface area contributed by atoms with Crippen LogP contribution in [-0.4, -0.2) is 41.6 Å². The normalized spacial score (nSPS) is 20.5. The van der Waals surface area contributed by atoms with Gasteiger partial charge in [0, 0.05) is 25.1 Å². The molecule has 2 aliphatic rings. The number of fused-ring (bicyclic) bond motifs is 1. The van der Waals surface area contributed by atoms with Gasteiger partial charge < -0.3 is 20.1 Å². The Hall–Kier alpha value is -3.16. The van der Waals surface area contributed by atoms with E-state index in [4.69, 9.17) is 15.2 Å². The van der Waals surface area contributed by atoms with Gasteiger partial charge in [-0.25, -0.2) is 0 Å². The van der Waals surface area contributed by atoms with Gasteiger partial charge in [-0.15, -0.1) is 0 Å². The Morgan fingerprint density at radius 3 is 2.48 bits per heavy atom. The Kier molecular flexibility index (Phi) is 6.81. The monoisotopic (exact) mass is 452 g/mol. The van der Waals surface area contributed by atoms with Gasteiger partial charge in [0.1, 0.15) is 11.4 Å². The molecule has 8 nitrogen and oxygen atoms in total. The molecule has 1 aromatic heterocycles. The van der Waals surface area contributed by atoms with Crippen molar-refractivity contribution in [3.05, 3.63) is 41.1 Å². The number of carbonyl (C=O) groups excluding carboxylic acids is 2. The molecule has 0 atom stereocenters. The minimum absolute atomic E-state index is 0.0698. The van der Waals surface area contributed by atoms with E-state index in [1.165, 1.54) is 12.7 Å². The van der Waals surface area contributed by atoms with Crippen molar-refractivity contribution in [2.75, 3.05) is 24.3 Å². The first-order valence-electron chi connectivity index (χ1n) is 11.7. The molecule has 176 valence electrons. The molecular weight excluding hydrogens is 420 g/mol. The fraction of sp³-hybridized carbons (Fsp3) is 0.520. The Labute approximate surface area is 194 Å². The molecule has 8 heteroatoms. The highest BCUT2D eigenvalue weighted by molar-refractivity contribution is 6.10. The molecule has 4 rings (SSSR count). The fourth-order valence-corrected chi connectivity index (χ4v) is 4.83. The van der Waals surface area contributed by atoms with Gasteiger partial charge >= 0.3 is 12.0 Å². The number of amides is 1. The van der Waals surface area contributed by atoms with Gasteiger partial charge in [-0.3, -0.25) is 9.59 Å². The van der Waals surface area contributed by atoms with E-state index in [0.29, 0.717) is 42.5 Å². The van der Waals surface area contributed by atoms with Crippen molar-refractivity contribution in [3.8, 4) is 6.01 Å². The number of nitrogens with zero attached hydrogens (tertiary/aromatic N) is 3. The van der Waals surface area contributed by atoms with Gasteiger partial charge in [-0.1, -0.05) is 12.1 Å². The molecule has 1 aliphatic heterocycles. The summed E-state index contributed by atoms with van der Waals surface area (Å²) in [6.07, 6.45) is 5.22. The van der Waals surface area contributed by atoms with E-state index in [2.05, 4.69) is 22.1 Å². The van der Waals surface area contributed by atoms with Gasteiger partial charge in [0.05, 0.1) is 18.9 Å². The number of hydrogen-bond acceptors (Lipinski definition) is 7. The summed E-state index contributed by atoms with van der Waals surface area (Å²) in [7, 11) is 1.45. The molecule has 1 saturated carbocycles. The third-order valence-electron chi connectivity index (χ3n) is 6.57. The van der Waals surface area contributed by atoms with Crippen LogP contribution in [0.3, 0.4) is 0 Å². The number of methoxy groups -OCH3 is 1. The number of hydrogen-bond donors (Lipinski definition) is 1. The number of esters is 1. The maximum Gasteiger partial charge on any atom is 0.318 e. The average molecular weight is 453 g/mol. The van der Waals surface area contributed by atoms with E-state index < -0.39 is 0 Å². The molecule has 1 amide bonds. The average Bonchev–Trinajstić information content (AvgIpc) is 2.79. The highest BCUT2D eigenvalue weighted by Gasteiger charge is 2.31. The zero-order chi connectivity index (χ0) is 23.5. The molecule has 0 spiro atoms. The maximum absolute atomic E-state index is 13.2. The summed E-state index contributed by atoms with van der Waals surface area (Å²) in [5.74, 6) is 0.754. The van der Waals surface area contributed by atoms with Crippen LogP contribution in [0.25, 0.3) is 0 Å². The molecular formula is C25H32N4O4. The summed E-state index contributed by atoms with van der Waals surface area (Å²) >= 11 is 0. The van der Waals surface area contributed by atoms with E-state index in [9.17, 15) is 9.59 Å². The number of benzene rings is 1. The Balaban J connectivity index is 1.43. The van der Waals surface area contributed by atoms with E-state index in [1.807, 2.05) is 26.0 Å². The largest absolute Gasteiger partial charge is 0.469 e. The molecule has 1 aliphatic carbocycles. The lowest BCUT2D eigenvalue weighted by atomic mass is 9.77. The number of aromatic nitrogens is 2. The molecule has 0 bridgehead atoms. The lowest BCUT2D eigenvalue weighted by Crippen LogP contribution is -2.39. The van der Waals surface area contributed by atoms with Crippen molar-refractivity contribution in [1.82, 2.24) is 9.97 Å². The maximum atomic E-state index is 13.2. The van der Waals surface area contributed by atoms with Crippen molar-refractivity contribution in [2.45, 2.75) is 64.4 Å². The topological polar surface area (TPSA) is 108 Å². The van der Waals surface area contributed by atoms with Crippen LogP contribution >= 0.6 is 0 Å². The SMILES string of the molecule is COC(=O)CC1CCC(c2ccc(N3CCc4nc(OC(C)C)nc(N)c4C3=O)cc2)CC1. The minimum Gasteiger partial charge on any atom is -0.469 e. The van der Waals surface area contributed by atoms with Crippen LogP contribution in [0.1, 0.15) is 73.5 Å². The van der Waals surface area contributed by atoms with Crippen LogP contribution in [0, 0.1) is 5.92 Å². The lowest BCUT2D eigenvalue weighted by molar-refractivity contribution is -0.142. The number of nitrogens with two attached hydrogens (primary N) is 1.